The lowest BCUT2D eigenvalue weighted by molar-refractivity contribution is -0.148. The van der Waals surface area contributed by atoms with Gasteiger partial charge in [-0.15, -0.1) is 12.4 Å². The molecule has 0 aliphatic heterocycles. The van der Waals surface area contributed by atoms with E-state index in [2.05, 4.69) is 0 Å². The Labute approximate surface area is 109 Å². The maximum atomic E-state index is 12.6. The molecule has 0 saturated heterocycles. The Kier molecular flexibility index (Phi) is 4.24. The van der Waals surface area contributed by atoms with Gasteiger partial charge in [-0.05, 0) is 28.8 Å². The fourth-order valence-corrected chi connectivity index (χ4v) is 1.92. The number of hydrogen-bond donors (Lipinski definition) is 1. The normalized spacial score (nSPS) is 13.2. The molecule has 2 N–H and O–H groups in total. The topological polar surface area (TPSA) is 26.0 Å². The van der Waals surface area contributed by atoms with Crippen molar-refractivity contribution >= 4 is 23.2 Å². The smallest absolute Gasteiger partial charge is 0.316 e. The Morgan fingerprint density at radius 3 is 2.11 bits per heavy atom. The standard InChI is InChI=1S/C13H12F3N.ClH/c1-8-6-7-11(12(17)13(14,15)16)10-5-3-2-4-9(8)10;/h2-7,12H,17H2,1H3;1H/t12-;/m0./s1. The second-order valence-electron chi connectivity index (χ2n) is 4.04. The highest BCUT2D eigenvalue weighted by molar-refractivity contribution is 5.89. The van der Waals surface area contributed by atoms with E-state index in [4.69, 9.17) is 5.73 Å². The summed E-state index contributed by atoms with van der Waals surface area (Å²) in [5.74, 6) is 0. The van der Waals surface area contributed by atoms with Crippen molar-refractivity contribution in [3.05, 3.63) is 47.5 Å². The first kappa shape index (κ1) is 14.8. The summed E-state index contributed by atoms with van der Waals surface area (Å²) in [4.78, 5) is 0. The molecule has 98 valence electrons. The van der Waals surface area contributed by atoms with Crippen molar-refractivity contribution in [1.82, 2.24) is 0 Å². The van der Waals surface area contributed by atoms with Crippen LogP contribution in [-0.2, 0) is 0 Å². The minimum Gasteiger partial charge on any atom is -0.316 e. The SMILES string of the molecule is Cc1ccc([C@H](N)C(F)(F)F)c2ccccc12.Cl. The molecule has 0 aliphatic carbocycles. The van der Waals surface area contributed by atoms with Crippen molar-refractivity contribution in [3.8, 4) is 0 Å². The maximum absolute atomic E-state index is 12.6. The minimum atomic E-state index is -4.42. The molecular formula is C13H13ClF3N. The van der Waals surface area contributed by atoms with E-state index < -0.39 is 12.2 Å². The van der Waals surface area contributed by atoms with Crippen LogP contribution in [0.1, 0.15) is 17.2 Å². The van der Waals surface area contributed by atoms with Gasteiger partial charge >= 0.3 is 6.18 Å². The van der Waals surface area contributed by atoms with Gasteiger partial charge in [0.25, 0.3) is 0 Å². The van der Waals surface area contributed by atoms with Crippen molar-refractivity contribution < 1.29 is 13.2 Å². The molecule has 0 fully saturated rings. The van der Waals surface area contributed by atoms with E-state index in [9.17, 15) is 13.2 Å². The lowest BCUT2D eigenvalue weighted by atomic mass is 9.96. The van der Waals surface area contributed by atoms with Gasteiger partial charge in [0.2, 0.25) is 0 Å². The van der Waals surface area contributed by atoms with E-state index in [1.807, 2.05) is 6.92 Å². The average molecular weight is 276 g/mol. The maximum Gasteiger partial charge on any atom is 0.407 e. The van der Waals surface area contributed by atoms with E-state index in [0.29, 0.717) is 5.39 Å². The Balaban J connectivity index is 0.00000162. The zero-order valence-corrected chi connectivity index (χ0v) is 10.5. The predicted molar refractivity (Wildman–Crippen MR) is 68.9 cm³/mol. The zero-order chi connectivity index (χ0) is 12.6. The molecule has 2 rings (SSSR count). The molecule has 0 amide bonds. The monoisotopic (exact) mass is 275 g/mol. The number of rotatable bonds is 1. The number of halogens is 4. The summed E-state index contributed by atoms with van der Waals surface area (Å²) < 4.78 is 37.9. The first-order chi connectivity index (χ1) is 7.91. The lowest BCUT2D eigenvalue weighted by Gasteiger charge is -2.18. The van der Waals surface area contributed by atoms with Gasteiger partial charge in [-0.3, -0.25) is 0 Å². The third-order valence-electron chi connectivity index (χ3n) is 2.86. The Hall–Kier alpha value is -1.26. The number of fused-ring (bicyclic) bond motifs is 1. The van der Waals surface area contributed by atoms with Gasteiger partial charge < -0.3 is 5.73 Å². The molecule has 0 heterocycles. The number of nitrogens with two attached hydrogens (primary N) is 1. The molecular weight excluding hydrogens is 263 g/mol. The van der Waals surface area contributed by atoms with Crippen molar-refractivity contribution in [2.45, 2.75) is 19.1 Å². The van der Waals surface area contributed by atoms with Gasteiger partial charge in [0, 0.05) is 0 Å². The van der Waals surface area contributed by atoms with Crippen LogP contribution < -0.4 is 5.73 Å². The Morgan fingerprint density at radius 1 is 1.00 bits per heavy atom. The predicted octanol–water partition coefficient (Wildman–Crippen LogP) is 4.13. The van der Waals surface area contributed by atoms with Gasteiger partial charge in [0.05, 0.1) is 0 Å². The summed E-state index contributed by atoms with van der Waals surface area (Å²) in [6, 6.07) is 8.18. The van der Waals surface area contributed by atoms with E-state index in [1.165, 1.54) is 6.07 Å². The van der Waals surface area contributed by atoms with Crippen LogP contribution in [0.15, 0.2) is 36.4 Å². The molecule has 0 bridgehead atoms. The van der Waals surface area contributed by atoms with Crippen LogP contribution in [-0.4, -0.2) is 6.18 Å². The Bertz CT molecular complexity index is 551. The highest BCUT2D eigenvalue weighted by atomic mass is 35.5. The van der Waals surface area contributed by atoms with Crippen LogP contribution in [0, 0.1) is 6.92 Å². The summed E-state index contributed by atoms with van der Waals surface area (Å²) in [7, 11) is 0. The van der Waals surface area contributed by atoms with Gasteiger partial charge in [-0.25, -0.2) is 0 Å². The molecule has 0 aliphatic rings. The lowest BCUT2D eigenvalue weighted by Crippen LogP contribution is -2.28. The van der Waals surface area contributed by atoms with Crippen LogP contribution >= 0.6 is 12.4 Å². The first-order valence-electron chi connectivity index (χ1n) is 5.22. The van der Waals surface area contributed by atoms with Crippen LogP contribution in [0.5, 0.6) is 0 Å². The molecule has 5 heteroatoms. The second kappa shape index (κ2) is 5.16. The number of alkyl halides is 3. The summed E-state index contributed by atoms with van der Waals surface area (Å²) >= 11 is 0. The molecule has 2 aromatic carbocycles. The molecule has 0 radical (unpaired) electrons. The molecule has 0 aromatic heterocycles. The van der Waals surface area contributed by atoms with Crippen molar-refractivity contribution in [3.63, 3.8) is 0 Å². The van der Waals surface area contributed by atoms with E-state index >= 15 is 0 Å². The van der Waals surface area contributed by atoms with Gasteiger partial charge in [0.1, 0.15) is 6.04 Å². The summed E-state index contributed by atoms with van der Waals surface area (Å²) in [6.07, 6.45) is -4.42. The fourth-order valence-electron chi connectivity index (χ4n) is 1.92. The van der Waals surface area contributed by atoms with Gasteiger partial charge in [-0.1, -0.05) is 36.4 Å². The quantitative estimate of drug-likeness (QED) is 0.832. The van der Waals surface area contributed by atoms with Crippen molar-refractivity contribution in [1.29, 1.82) is 0 Å². The van der Waals surface area contributed by atoms with Crippen LogP contribution in [0.3, 0.4) is 0 Å². The highest BCUT2D eigenvalue weighted by Crippen LogP contribution is 2.35. The molecule has 1 atom stereocenters. The van der Waals surface area contributed by atoms with E-state index in [-0.39, 0.29) is 18.0 Å². The van der Waals surface area contributed by atoms with E-state index in [0.717, 1.165) is 10.9 Å². The highest BCUT2D eigenvalue weighted by Gasteiger charge is 2.38. The van der Waals surface area contributed by atoms with Crippen molar-refractivity contribution in [2.24, 2.45) is 5.73 Å². The number of hydrogen-bond acceptors (Lipinski definition) is 1. The van der Waals surface area contributed by atoms with E-state index in [1.54, 1.807) is 30.3 Å². The fraction of sp³-hybridized carbons (Fsp3) is 0.231. The van der Waals surface area contributed by atoms with Crippen LogP contribution in [0.2, 0.25) is 0 Å². The summed E-state index contributed by atoms with van der Waals surface area (Å²) in [6.45, 7) is 1.87. The number of benzene rings is 2. The molecule has 0 saturated carbocycles. The first-order valence-corrected chi connectivity index (χ1v) is 5.22. The van der Waals surface area contributed by atoms with Gasteiger partial charge in [-0.2, -0.15) is 13.2 Å². The van der Waals surface area contributed by atoms with Crippen LogP contribution in [0.25, 0.3) is 10.8 Å². The largest absolute Gasteiger partial charge is 0.407 e. The zero-order valence-electron chi connectivity index (χ0n) is 9.66. The van der Waals surface area contributed by atoms with Crippen molar-refractivity contribution in [2.75, 3.05) is 0 Å². The molecule has 18 heavy (non-hydrogen) atoms. The third-order valence-corrected chi connectivity index (χ3v) is 2.86. The molecule has 0 spiro atoms. The van der Waals surface area contributed by atoms with Crippen LogP contribution in [0.4, 0.5) is 13.2 Å². The third kappa shape index (κ3) is 2.60. The molecule has 1 nitrogen and oxygen atoms in total. The van der Waals surface area contributed by atoms with Gasteiger partial charge in [0.15, 0.2) is 0 Å². The molecule has 2 aromatic rings. The number of aryl methyl sites for hydroxylation is 1. The summed E-state index contributed by atoms with van der Waals surface area (Å²) in [5.41, 5.74) is 6.33. The second-order valence-corrected chi connectivity index (χ2v) is 4.04. The summed E-state index contributed by atoms with van der Waals surface area (Å²) in [5, 5.41) is 1.38. The minimum absolute atomic E-state index is 0. The molecule has 0 unspecified atom stereocenters. The average Bonchev–Trinajstić information content (AvgIpc) is 2.28. The Morgan fingerprint density at radius 2 is 1.56 bits per heavy atom.